The number of halogens is 1. The lowest BCUT2D eigenvalue weighted by Crippen LogP contribution is -2.32. The quantitative estimate of drug-likeness (QED) is 0.792. The topological polar surface area (TPSA) is 50.4 Å². The molecule has 2 rings (SSSR count). The van der Waals surface area contributed by atoms with E-state index in [0.29, 0.717) is 13.1 Å². The number of hydrogen-bond donors (Lipinski definition) is 2. The van der Waals surface area contributed by atoms with Crippen LogP contribution in [0.4, 0.5) is 10.5 Å². The average molecular weight is 353 g/mol. The summed E-state index contributed by atoms with van der Waals surface area (Å²) in [6, 6.07) is 9.81. The molecule has 0 saturated heterocycles. The first kappa shape index (κ1) is 17.6. The van der Waals surface area contributed by atoms with E-state index in [-0.39, 0.29) is 0 Å². The minimum absolute atomic E-state index is 0.406. The molecule has 0 radical (unpaired) electrons. The average Bonchev–Trinajstić information content (AvgIpc) is 2.87. The molecule has 0 aliphatic rings. The van der Waals surface area contributed by atoms with Gasteiger partial charge in [-0.25, -0.2) is 4.79 Å². The summed E-state index contributed by atoms with van der Waals surface area (Å²) < 4.78 is 5.25. The molecule has 0 saturated carbocycles. The summed E-state index contributed by atoms with van der Waals surface area (Å²) in [6.07, 6.45) is -0.419. The maximum atomic E-state index is 11.8. The first-order valence-electron chi connectivity index (χ1n) is 7.35. The Morgan fingerprint density at radius 1 is 1.26 bits per heavy atom. The highest BCUT2D eigenvalue weighted by Gasteiger charge is 2.16. The van der Waals surface area contributed by atoms with Crippen molar-refractivity contribution in [1.82, 2.24) is 5.32 Å². The monoisotopic (exact) mass is 352 g/mol. The number of ether oxygens (including phenoxy) is 1. The molecule has 4 nitrogen and oxygen atoms in total. The molecule has 1 aromatic heterocycles. The van der Waals surface area contributed by atoms with Gasteiger partial charge in [0.25, 0.3) is 0 Å². The van der Waals surface area contributed by atoms with Crippen LogP contribution in [-0.4, -0.2) is 11.7 Å². The molecular weight excluding hydrogens is 332 g/mol. The molecule has 0 fully saturated rings. The summed E-state index contributed by atoms with van der Waals surface area (Å²) in [5, 5.41) is 8.82. The zero-order valence-electron chi connectivity index (χ0n) is 13.5. The number of para-hydroxylation sites is 1. The minimum Gasteiger partial charge on any atom is -0.444 e. The van der Waals surface area contributed by atoms with Gasteiger partial charge < -0.3 is 15.4 Å². The number of alkyl carbamates (subject to hydrolysis) is 1. The summed E-state index contributed by atoms with van der Waals surface area (Å²) >= 11 is 7.55. The highest BCUT2D eigenvalue weighted by molar-refractivity contribution is 7.10. The number of amides is 1. The number of thiophene rings is 1. The Labute approximate surface area is 145 Å². The summed E-state index contributed by atoms with van der Waals surface area (Å²) in [5.74, 6) is 0. The Hall–Kier alpha value is -1.72. The van der Waals surface area contributed by atoms with E-state index in [2.05, 4.69) is 10.6 Å². The summed E-state index contributed by atoms with van der Waals surface area (Å²) in [5.41, 5.74) is 1.48. The lowest BCUT2D eigenvalue weighted by Gasteiger charge is -2.20. The summed E-state index contributed by atoms with van der Waals surface area (Å²) in [7, 11) is 0. The van der Waals surface area contributed by atoms with Crippen molar-refractivity contribution >= 4 is 34.7 Å². The molecule has 0 unspecified atom stereocenters. The fourth-order valence-electron chi connectivity index (χ4n) is 1.96. The molecule has 0 atom stereocenters. The first-order valence-corrected chi connectivity index (χ1v) is 8.61. The van der Waals surface area contributed by atoms with Crippen molar-refractivity contribution in [3.63, 3.8) is 0 Å². The number of carbonyl (C=O) groups excluding carboxylic acids is 1. The van der Waals surface area contributed by atoms with Gasteiger partial charge in [0.1, 0.15) is 5.60 Å². The highest BCUT2D eigenvalue weighted by Crippen LogP contribution is 2.22. The van der Waals surface area contributed by atoms with Crippen LogP contribution in [0, 0.1) is 0 Å². The van der Waals surface area contributed by atoms with Crippen LogP contribution in [0.25, 0.3) is 0 Å². The van der Waals surface area contributed by atoms with Crippen LogP contribution >= 0.6 is 22.9 Å². The van der Waals surface area contributed by atoms with Gasteiger partial charge in [-0.1, -0.05) is 29.8 Å². The van der Waals surface area contributed by atoms with E-state index in [0.717, 1.165) is 21.2 Å². The van der Waals surface area contributed by atoms with Crippen molar-refractivity contribution in [2.75, 3.05) is 5.32 Å². The van der Waals surface area contributed by atoms with E-state index in [4.69, 9.17) is 16.3 Å². The normalized spacial score (nSPS) is 11.1. The summed E-state index contributed by atoms with van der Waals surface area (Å²) in [4.78, 5) is 12.9. The standard InChI is InChI=1S/C17H21ClN2O2S/c1-17(2,3)22-16(21)20-9-12-6-4-5-7-15(12)19-10-14-8-13(18)11-23-14/h4-8,11,19H,9-10H2,1-3H3,(H,20,21). The largest absolute Gasteiger partial charge is 0.444 e. The van der Waals surface area contributed by atoms with Gasteiger partial charge in [-0.15, -0.1) is 11.3 Å². The Bertz CT molecular complexity index is 665. The second kappa shape index (κ2) is 7.70. The molecule has 0 aliphatic heterocycles. The number of anilines is 1. The van der Waals surface area contributed by atoms with Crippen LogP contribution in [0.5, 0.6) is 0 Å². The van der Waals surface area contributed by atoms with E-state index in [1.165, 1.54) is 0 Å². The van der Waals surface area contributed by atoms with E-state index < -0.39 is 11.7 Å². The predicted octanol–water partition coefficient (Wildman–Crippen LogP) is 5.04. The molecule has 2 aromatic rings. The van der Waals surface area contributed by atoms with Crippen LogP contribution in [0.2, 0.25) is 5.02 Å². The summed E-state index contributed by atoms with van der Waals surface area (Å²) in [6.45, 7) is 6.63. The van der Waals surface area contributed by atoms with E-state index in [9.17, 15) is 4.79 Å². The second-order valence-electron chi connectivity index (χ2n) is 6.10. The molecule has 124 valence electrons. The van der Waals surface area contributed by atoms with Gasteiger partial charge in [-0.05, 0) is 38.5 Å². The van der Waals surface area contributed by atoms with E-state index in [1.807, 2.05) is 56.5 Å². The zero-order chi connectivity index (χ0) is 16.9. The van der Waals surface area contributed by atoms with E-state index >= 15 is 0 Å². The van der Waals surface area contributed by atoms with Gasteiger partial charge in [0, 0.05) is 29.0 Å². The smallest absolute Gasteiger partial charge is 0.407 e. The van der Waals surface area contributed by atoms with Gasteiger partial charge in [-0.3, -0.25) is 0 Å². The van der Waals surface area contributed by atoms with Gasteiger partial charge in [0.05, 0.1) is 5.02 Å². The molecule has 2 N–H and O–H groups in total. The number of benzene rings is 1. The lowest BCUT2D eigenvalue weighted by molar-refractivity contribution is 0.0523. The minimum atomic E-state index is -0.500. The third-order valence-corrected chi connectivity index (χ3v) is 4.20. The maximum absolute atomic E-state index is 11.8. The number of nitrogens with one attached hydrogen (secondary N) is 2. The SMILES string of the molecule is CC(C)(C)OC(=O)NCc1ccccc1NCc1cc(Cl)cs1. The molecule has 23 heavy (non-hydrogen) atoms. The molecule has 0 bridgehead atoms. The van der Waals surface area contributed by atoms with Crippen LogP contribution in [0.1, 0.15) is 31.2 Å². The van der Waals surface area contributed by atoms with Gasteiger partial charge >= 0.3 is 6.09 Å². The van der Waals surface area contributed by atoms with Crippen molar-refractivity contribution < 1.29 is 9.53 Å². The number of hydrogen-bond acceptors (Lipinski definition) is 4. The Morgan fingerprint density at radius 2 is 2.00 bits per heavy atom. The first-order chi connectivity index (χ1) is 10.8. The van der Waals surface area contributed by atoms with Crippen LogP contribution in [0.3, 0.4) is 0 Å². The van der Waals surface area contributed by atoms with Crippen LogP contribution < -0.4 is 10.6 Å². The van der Waals surface area contributed by atoms with E-state index in [1.54, 1.807) is 11.3 Å². The van der Waals surface area contributed by atoms with Crippen LogP contribution in [-0.2, 0) is 17.8 Å². The van der Waals surface area contributed by atoms with Crippen molar-refractivity contribution in [1.29, 1.82) is 0 Å². The molecule has 1 aromatic carbocycles. The molecule has 0 aliphatic carbocycles. The lowest BCUT2D eigenvalue weighted by atomic mass is 10.1. The number of carbonyl (C=O) groups is 1. The van der Waals surface area contributed by atoms with Gasteiger partial charge in [-0.2, -0.15) is 0 Å². The van der Waals surface area contributed by atoms with Gasteiger partial charge in [0.15, 0.2) is 0 Å². The predicted molar refractivity (Wildman–Crippen MR) is 96.2 cm³/mol. The van der Waals surface area contributed by atoms with Crippen molar-refractivity contribution in [2.24, 2.45) is 0 Å². The number of rotatable bonds is 5. The van der Waals surface area contributed by atoms with Crippen molar-refractivity contribution in [2.45, 2.75) is 39.5 Å². The Morgan fingerprint density at radius 3 is 2.65 bits per heavy atom. The fourth-order valence-corrected chi connectivity index (χ4v) is 2.97. The van der Waals surface area contributed by atoms with Gasteiger partial charge in [0.2, 0.25) is 0 Å². The fraction of sp³-hybridized carbons (Fsp3) is 0.353. The second-order valence-corrected chi connectivity index (χ2v) is 7.53. The third-order valence-electron chi connectivity index (χ3n) is 2.91. The maximum Gasteiger partial charge on any atom is 0.407 e. The van der Waals surface area contributed by atoms with Crippen molar-refractivity contribution in [3.8, 4) is 0 Å². The third kappa shape index (κ3) is 6.12. The molecule has 1 heterocycles. The van der Waals surface area contributed by atoms with Crippen LogP contribution in [0.15, 0.2) is 35.7 Å². The molecule has 0 spiro atoms. The molecule has 6 heteroatoms. The zero-order valence-corrected chi connectivity index (χ0v) is 15.1. The molecule has 1 amide bonds. The van der Waals surface area contributed by atoms with Crippen molar-refractivity contribution in [3.05, 3.63) is 51.2 Å². The Kier molecular flexibility index (Phi) is 5.91. The Balaban J connectivity index is 1.93. The molecular formula is C17H21ClN2O2S. The highest BCUT2D eigenvalue weighted by atomic mass is 35.5.